The van der Waals surface area contributed by atoms with Gasteiger partial charge in [-0.25, -0.2) is 0 Å². The summed E-state index contributed by atoms with van der Waals surface area (Å²) in [6.07, 6.45) is 4.49. The fourth-order valence-corrected chi connectivity index (χ4v) is 7.51. The van der Waals surface area contributed by atoms with Crippen molar-refractivity contribution in [3.63, 3.8) is 0 Å². The van der Waals surface area contributed by atoms with Crippen LogP contribution >= 0.6 is 23.2 Å². The van der Waals surface area contributed by atoms with Crippen molar-refractivity contribution in [2.24, 2.45) is 5.41 Å². The summed E-state index contributed by atoms with van der Waals surface area (Å²) in [5.74, 6) is 0. The lowest BCUT2D eigenvalue weighted by Crippen LogP contribution is -2.37. The van der Waals surface area contributed by atoms with Crippen molar-refractivity contribution in [2.75, 3.05) is 9.80 Å². The topological polar surface area (TPSA) is 6.48 Å². The fraction of sp³-hybridized carbons (Fsp3) is 0.273. The Morgan fingerprint density at radius 2 is 0.973 bits per heavy atom. The number of rotatable bonds is 4. The van der Waals surface area contributed by atoms with E-state index < -0.39 is 0 Å². The SMILES string of the molecule is CC1=C(Cl)C2=C(C(C)(C)C3=C4C(=CC(C)=C4Cl)N(c4ccccc4)C3C)C(C)N(c3ccccc3)C2=C1. The van der Waals surface area contributed by atoms with Gasteiger partial charge in [0.1, 0.15) is 0 Å². The van der Waals surface area contributed by atoms with Gasteiger partial charge in [0.05, 0.1) is 33.5 Å². The second-order valence-corrected chi connectivity index (χ2v) is 11.8. The molecule has 0 amide bonds. The van der Waals surface area contributed by atoms with Gasteiger partial charge in [-0.3, -0.25) is 0 Å². The molecule has 0 radical (unpaired) electrons. The lowest BCUT2D eigenvalue weighted by molar-refractivity contribution is 0.475. The zero-order valence-electron chi connectivity index (χ0n) is 22.2. The number of anilines is 2. The van der Waals surface area contributed by atoms with E-state index in [1.165, 1.54) is 45.1 Å². The van der Waals surface area contributed by atoms with Gasteiger partial charge in [0.25, 0.3) is 0 Å². The summed E-state index contributed by atoms with van der Waals surface area (Å²) >= 11 is 14.2. The number of benzene rings is 2. The minimum Gasteiger partial charge on any atom is -0.334 e. The van der Waals surface area contributed by atoms with Crippen LogP contribution in [0.25, 0.3) is 0 Å². The molecule has 37 heavy (non-hydrogen) atoms. The summed E-state index contributed by atoms with van der Waals surface area (Å²) < 4.78 is 0. The first-order valence-electron chi connectivity index (χ1n) is 13.0. The lowest BCUT2D eigenvalue weighted by Gasteiger charge is -2.38. The summed E-state index contributed by atoms with van der Waals surface area (Å²) in [6.45, 7) is 13.6. The number of allylic oxidation sites excluding steroid dienone is 6. The highest BCUT2D eigenvalue weighted by molar-refractivity contribution is 6.34. The Balaban J connectivity index is 1.55. The standard InChI is InChI=1S/C33H32Cl2N2/c1-19-17-25-27(31(19)34)29(21(3)36(25)23-13-9-7-10-14-23)33(5,6)30-22(4)37(24-15-11-8-12-16-24)26-18-20(2)32(35)28(26)30/h7-18,21-22H,1-6H3. The van der Waals surface area contributed by atoms with E-state index in [9.17, 15) is 0 Å². The van der Waals surface area contributed by atoms with Crippen molar-refractivity contribution in [1.29, 1.82) is 0 Å². The van der Waals surface area contributed by atoms with E-state index in [0.29, 0.717) is 0 Å². The largest absolute Gasteiger partial charge is 0.334 e. The highest BCUT2D eigenvalue weighted by Gasteiger charge is 2.51. The molecule has 0 saturated heterocycles. The molecule has 0 N–H and O–H groups in total. The molecule has 2 atom stereocenters. The van der Waals surface area contributed by atoms with Gasteiger partial charge >= 0.3 is 0 Å². The number of nitrogens with zero attached hydrogens (tertiary/aromatic N) is 2. The van der Waals surface area contributed by atoms with Gasteiger partial charge in [-0.2, -0.15) is 0 Å². The highest BCUT2D eigenvalue weighted by atomic mass is 35.5. The van der Waals surface area contributed by atoms with Crippen molar-refractivity contribution < 1.29 is 0 Å². The highest BCUT2D eigenvalue weighted by Crippen LogP contribution is 2.59. The van der Waals surface area contributed by atoms with Gasteiger partial charge in [-0.1, -0.05) is 73.4 Å². The van der Waals surface area contributed by atoms with Crippen molar-refractivity contribution in [3.05, 3.63) is 128 Å². The summed E-state index contributed by atoms with van der Waals surface area (Å²) in [5.41, 5.74) is 11.7. The van der Waals surface area contributed by atoms with Gasteiger partial charge in [-0.05, 0) is 86.4 Å². The van der Waals surface area contributed by atoms with Gasteiger partial charge in [0.15, 0.2) is 0 Å². The molecule has 2 nitrogen and oxygen atoms in total. The number of fused-ring (bicyclic) bond motifs is 2. The quantitative estimate of drug-likeness (QED) is 0.391. The molecule has 0 spiro atoms. The van der Waals surface area contributed by atoms with Crippen molar-refractivity contribution in [1.82, 2.24) is 0 Å². The van der Waals surface area contributed by atoms with Crippen LogP contribution in [-0.2, 0) is 0 Å². The van der Waals surface area contributed by atoms with Crippen LogP contribution in [0, 0.1) is 5.41 Å². The average Bonchev–Trinajstić information content (AvgIpc) is 3.53. The molecule has 6 rings (SSSR count). The van der Waals surface area contributed by atoms with Crippen LogP contribution in [0.5, 0.6) is 0 Å². The third kappa shape index (κ3) is 3.39. The van der Waals surface area contributed by atoms with E-state index in [-0.39, 0.29) is 17.5 Å². The zero-order valence-corrected chi connectivity index (χ0v) is 23.7. The Labute approximate surface area is 230 Å². The predicted octanol–water partition coefficient (Wildman–Crippen LogP) is 9.24. The second kappa shape index (κ2) is 8.55. The Morgan fingerprint density at radius 3 is 1.32 bits per heavy atom. The summed E-state index contributed by atoms with van der Waals surface area (Å²) in [5, 5.41) is 1.72. The molecular formula is C33H32Cl2N2. The van der Waals surface area contributed by atoms with Gasteiger partial charge in [0, 0.05) is 27.9 Å². The Kier molecular flexibility index (Phi) is 5.64. The first-order valence-corrected chi connectivity index (χ1v) is 13.8. The molecule has 2 aliphatic carbocycles. The Bertz CT molecular complexity index is 1390. The fourth-order valence-electron chi connectivity index (χ4n) is 7.00. The third-order valence-corrected chi connectivity index (χ3v) is 9.41. The minimum absolute atomic E-state index is 0.143. The van der Waals surface area contributed by atoms with Crippen LogP contribution in [0.2, 0.25) is 0 Å². The maximum atomic E-state index is 7.08. The van der Waals surface area contributed by atoms with Crippen molar-refractivity contribution in [3.8, 4) is 0 Å². The molecule has 188 valence electrons. The molecule has 2 aromatic carbocycles. The molecule has 4 heteroatoms. The summed E-state index contributed by atoms with van der Waals surface area (Å²) in [4.78, 5) is 4.89. The normalized spacial score (nSPS) is 23.5. The van der Waals surface area contributed by atoms with Crippen molar-refractivity contribution >= 4 is 34.6 Å². The van der Waals surface area contributed by atoms with Crippen LogP contribution in [0.3, 0.4) is 0 Å². The molecule has 2 unspecified atom stereocenters. The second-order valence-electron chi connectivity index (χ2n) is 11.0. The third-order valence-electron chi connectivity index (χ3n) is 8.43. The summed E-state index contributed by atoms with van der Waals surface area (Å²) in [7, 11) is 0. The van der Waals surface area contributed by atoms with Crippen molar-refractivity contribution in [2.45, 2.75) is 53.6 Å². The molecule has 2 heterocycles. The van der Waals surface area contributed by atoms with Crippen LogP contribution in [0.1, 0.15) is 41.5 Å². The first-order chi connectivity index (χ1) is 17.6. The lowest BCUT2D eigenvalue weighted by atomic mass is 9.70. The van der Waals surface area contributed by atoms with E-state index in [1.54, 1.807) is 0 Å². The number of hydrogen-bond donors (Lipinski definition) is 0. The van der Waals surface area contributed by atoms with E-state index >= 15 is 0 Å². The molecule has 4 aliphatic rings. The summed E-state index contributed by atoms with van der Waals surface area (Å²) in [6, 6.07) is 21.6. The smallest absolute Gasteiger partial charge is 0.0542 e. The van der Waals surface area contributed by atoms with Gasteiger partial charge in [-0.15, -0.1) is 0 Å². The van der Waals surface area contributed by atoms with Gasteiger partial charge in [0.2, 0.25) is 0 Å². The van der Waals surface area contributed by atoms with E-state index in [4.69, 9.17) is 23.2 Å². The maximum absolute atomic E-state index is 7.08. The number of halogens is 2. The first kappa shape index (κ1) is 24.4. The van der Waals surface area contributed by atoms with Gasteiger partial charge < -0.3 is 9.80 Å². The van der Waals surface area contributed by atoms with Crippen LogP contribution < -0.4 is 9.80 Å². The average molecular weight is 528 g/mol. The monoisotopic (exact) mass is 526 g/mol. The number of hydrogen-bond acceptors (Lipinski definition) is 2. The Hall–Kier alpha value is -2.94. The molecule has 2 aromatic rings. The minimum atomic E-state index is -0.301. The maximum Gasteiger partial charge on any atom is 0.0542 e. The van der Waals surface area contributed by atoms with E-state index in [0.717, 1.165) is 21.2 Å². The van der Waals surface area contributed by atoms with Crippen LogP contribution in [0.15, 0.2) is 128 Å². The molecule has 0 saturated carbocycles. The molecule has 0 bridgehead atoms. The Morgan fingerprint density at radius 1 is 0.622 bits per heavy atom. The van der Waals surface area contributed by atoms with E-state index in [2.05, 4.69) is 124 Å². The molecule has 2 aliphatic heterocycles. The molecular weight excluding hydrogens is 495 g/mol. The van der Waals surface area contributed by atoms with Crippen LogP contribution in [0.4, 0.5) is 11.4 Å². The van der Waals surface area contributed by atoms with Crippen LogP contribution in [-0.4, -0.2) is 12.1 Å². The molecule has 0 fully saturated rings. The van der Waals surface area contributed by atoms with E-state index in [1.807, 2.05) is 0 Å². The molecule has 0 aromatic heterocycles. The predicted molar refractivity (Wildman–Crippen MR) is 158 cm³/mol. The number of para-hydroxylation sites is 2. The zero-order chi connectivity index (χ0) is 26.2.